The van der Waals surface area contributed by atoms with E-state index in [0.29, 0.717) is 24.8 Å². The third-order valence-electron chi connectivity index (χ3n) is 3.04. The molecule has 0 aromatic heterocycles. The summed E-state index contributed by atoms with van der Waals surface area (Å²) in [6.07, 6.45) is 0.664. The molecule has 2 unspecified atom stereocenters. The summed E-state index contributed by atoms with van der Waals surface area (Å²) in [5, 5.41) is 12.3. The second kappa shape index (κ2) is 7.17. The first-order chi connectivity index (χ1) is 8.50. The molecule has 0 heterocycles. The third-order valence-corrected chi connectivity index (χ3v) is 3.04. The topological polar surface area (TPSA) is 49.3 Å². The van der Waals surface area contributed by atoms with E-state index in [2.05, 4.69) is 24.4 Å². The van der Waals surface area contributed by atoms with Gasteiger partial charge < -0.3 is 10.4 Å². The van der Waals surface area contributed by atoms with Gasteiger partial charge in [0.05, 0.1) is 0 Å². The average Bonchev–Trinajstić information content (AvgIpc) is 2.34. The van der Waals surface area contributed by atoms with Crippen molar-refractivity contribution >= 4 is 5.97 Å². The van der Waals surface area contributed by atoms with Crippen molar-refractivity contribution in [1.82, 2.24) is 5.32 Å². The molecule has 1 aromatic carbocycles. The molecule has 0 aliphatic rings. The lowest BCUT2D eigenvalue weighted by molar-refractivity contribution is -0.139. The number of aliphatic carboxylic acids is 1. The van der Waals surface area contributed by atoms with Crippen molar-refractivity contribution in [3.8, 4) is 0 Å². The van der Waals surface area contributed by atoms with Crippen molar-refractivity contribution < 1.29 is 9.90 Å². The zero-order valence-corrected chi connectivity index (χ0v) is 11.4. The van der Waals surface area contributed by atoms with Crippen molar-refractivity contribution in [2.45, 2.75) is 39.2 Å². The van der Waals surface area contributed by atoms with Crippen molar-refractivity contribution in [1.29, 1.82) is 0 Å². The number of carbonyl (C=O) groups is 1. The first-order valence-electron chi connectivity index (χ1n) is 6.51. The molecule has 0 saturated heterocycles. The van der Waals surface area contributed by atoms with Crippen LogP contribution < -0.4 is 5.32 Å². The van der Waals surface area contributed by atoms with Crippen LogP contribution in [0, 0.1) is 5.92 Å². The minimum atomic E-state index is -0.760. The summed E-state index contributed by atoms with van der Waals surface area (Å²) in [6, 6.07) is 9.71. The Bertz CT molecular complexity index is 362. The lowest BCUT2D eigenvalue weighted by Gasteiger charge is -2.19. The maximum Gasteiger partial charge on any atom is 0.320 e. The van der Waals surface area contributed by atoms with E-state index in [-0.39, 0.29) is 0 Å². The molecule has 0 fully saturated rings. The highest BCUT2D eigenvalue weighted by molar-refractivity contribution is 5.73. The predicted octanol–water partition coefficient (Wildman–Crippen LogP) is 2.88. The van der Waals surface area contributed by atoms with Gasteiger partial charge in [-0.2, -0.15) is 0 Å². The molecule has 0 radical (unpaired) electrons. The van der Waals surface area contributed by atoms with Crippen LogP contribution in [0.5, 0.6) is 0 Å². The lowest BCUT2D eigenvalue weighted by atomic mass is 9.99. The monoisotopic (exact) mass is 249 g/mol. The fourth-order valence-electron chi connectivity index (χ4n) is 1.96. The number of carboxylic acid groups (broad SMARTS) is 1. The molecular weight excluding hydrogens is 226 g/mol. The van der Waals surface area contributed by atoms with Crippen LogP contribution in [0.25, 0.3) is 0 Å². The van der Waals surface area contributed by atoms with E-state index in [1.54, 1.807) is 0 Å². The minimum absolute atomic E-state index is 0.320. The second-order valence-electron chi connectivity index (χ2n) is 5.24. The molecule has 100 valence electrons. The number of hydrogen-bond acceptors (Lipinski definition) is 2. The fraction of sp³-hybridized carbons (Fsp3) is 0.533. The van der Waals surface area contributed by atoms with E-state index in [1.165, 1.54) is 5.56 Å². The Morgan fingerprint density at radius 2 is 1.83 bits per heavy atom. The normalized spacial score (nSPS) is 14.4. The Kier molecular flexibility index (Phi) is 5.86. The smallest absolute Gasteiger partial charge is 0.320 e. The van der Waals surface area contributed by atoms with E-state index < -0.39 is 12.0 Å². The summed E-state index contributed by atoms with van der Waals surface area (Å²) in [4.78, 5) is 11.1. The molecule has 0 aliphatic heterocycles. The summed E-state index contributed by atoms with van der Waals surface area (Å²) in [5.41, 5.74) is 1.23. The summed E-state index contributed by atoms with van der Waals surface area (Å²) < 4.78 is 0. The van der Waals surface area contributed by atoms with Crippen LogP contribution in [0.2, 0.25) is 0 Å². The predicted molar refractivity (Wildman–Crippen MR) is 73.7 cm³/mol. The summed E-state index contributed by atoms with van der Waals surface area (Å²) in [5.74, 6) is -0.0604. The van der Waals surface area contributed by atoms with E-state index in [4.69, 9.17) is 5.11 Å². The highest BCUT2D eigenvalue weighted by Gasteiger charge is 2.19. The van der Waals surface area contributed by atoms with E-state index in [9.17, 15) is 4.79 Å². The highest BCUT2D eigenvalue weighted by atomic mass is 16.4. The van der Waals surface area contributed by atoms with Crippen LogP contribution in [0.1, 0.15) is 38.7 Å². The average molecular weight is 249 g/mol. The maximum absolute atomic E-state index is 11.1. The number of carboxylic acids is 1. The summed E-state index contributed by atoms with van der Waals surface area (Å²) >= 11 is 0. The van der Waals surface area contributed by atoms with Gasteiger partial charge in [0.2, 0.25) is 0 Å². The third kappa shape index (κ3) is 4.88. The Labute approximate surface area is 109 Å². The zero-order chi connectivity index (χ0) is 13.5. The Morgan fingerprint density at radius 1 is 1.22 bits per heavy atom. The van der Waals surface area contributed by atoms with Gasteiger partial charge in [-0.05, 0) is 23.8 Å². The molecule has 1 aromatic rings. The van der Waals surface area contributed by atoms with Gasteiger partial charge in [-0.1, -0.05) is 51.1 Å². The molecule has 0 spiro atoms. The van der Waals surface area contributed by atoms with Gasteiger partial charge in [-0.25, -0.2) is 0 Å². The summed E-state index contributed by atoms with van der Waals surface area (Å²) in [6.45, 7) is 6.88. The van der Waals surface area contributed by atoms with Gasteiger partial charge in [-0.15, -0.1) is 0 Å². The molecule has 2 N–H and O–H groups in total. The van der Waals surface area contributed by atoms with Crippen molar-refractivity contribution in [2.75, 3.05) is 6.54 Å². The molecule has 18 heavy (non-hydrogen) atoms. The van der Waals surface area contributed by atoms with Crippen LogP contribution in [0.3, 0.4) is 0 Å². The maximum atomic E-state index is 11.1. The van der Waals surface area contributed by atoms with Crippen LogP contribution in [-0.4, -0.2) is 23.7 Å². The molecule has 1 rings (SSSR count). The van der Waals surface area contributed by atoms with Crippen LogP contribution in [0.4, 0.5) is 0 Å². The van der Waals surface area contributed by atoms with Gasteiger partial charge in [0.1, 0.15) is 6.04 Å². The van der Waals surface area contributed by atoms with Crippen molar-refractivity contribution in [3.63, 3.8) is 0 Å². The standard InChI is InChI=1S/C15H23NO2/c1-11(2)9-14(15(17)18)16-10-12(3)13-7-5-4-6-8-13/h4-8,11-12,14,16H,9-10H2,1-3H3,(H,17,18). The van der Waals surface area contributed by atoms with Crippen LogP contribution >= 0.6 is 0 Å². The van der Waals surface area contributed by atoms with E-state index >= 15 is 0 Å². The molecule has 2 atom stereocenters. The SMILES string of the molecule is CC(C)CC(NCC(C)c1ccccc1)C(=O)O. The fourth-order valence-corrected chi connectivity index (χ4v) is 1.96. The van der Waals surface area contributed by atoms with Crippen molar-refractivity contribution in [3.05, 3.63) is 35.9 Å². The molecule has 3 heteroatoms. The van der Waals surface area contributed by atoms with Gasteiger partial charge in [0, 0.05) is 6.54 Å². The van der Waals surface area contributed by atoms with E-state index in [1.807, 2.05) is 32.0 Å². The van der Waals surface area contributed by atoms with E-state index in [0.717, 1.165) is 0 Å². The molecule has 3 nitrogen and oxygen atoms in total. The molecule has 0 bridgehead atoms. The quantitative estimate of drug-likeness (QED) is 0.781. The zero-order valence-electron chi connectivity index (χ0n) is 11.4. The first kappa shape index (κ1) is 14.7. The Balaban J connectivity index is 2.49. The first-order valence-corrected chi connectivity index (χ1v) is 6.51. The molecule has 0 saturated carbocycles. The van der Waals surface area contributed by atoms with Crippen LogP contribution in [-0.2, 0) is 4.79 Å². The highest BCUT2D eigenvalue weighted by Crippen LogP contribution is 2.14. The van der Waals surface area contributed by atoms with Gasteiger partial charge in [0.25, 0.3) is 0 Å². The molecule has 0 amide bonds. The number of benzene rings is 1. The van der Waals surface area contributed by atoms with Gasteiger partial charge in [-0.3, -0.25) is 4.79 Å². The lowest BCUT2D eigenvalue weighted by Crippen LogP contribution is -2.39. The summed E-state index contributed by atoms with van der Waals surface area (Å²) in [7, 11) is 0. The largest absolute Gasteiger partial charge is 0.480 e. The molecule has 0 aliphatic carbocycles. The number of nitrogens with one attached hydrogen (secondary N) is 1. The Morgan fingerprint density at radius 3 is 2.33 bits per heavy atom. The molecular formula is C15H23NO2. The van der Waals surface area contributed by atoms with Gasteiger partial charge >= 0.3 is 5.97 Å². The number of rotatable bonds is 7. The van der Waals surface area contributed by atoms with Crippen LogP contribution in [0.15, 0.2) is 30.3 Å². The van der Waals surface area contributed by atoms with Gasteiger partial charge in [0.15, 0.2) is 0 Å². The Hall–Kier alpha value is -1.35. The number of hydrogen-bond donors (Lipinski definition) is 2. The minimum Gasteiger partial charge on any atom is -0.480 e. The second-order valence-corrected chi connectivity index (χ2v) is 5.24. The van der Waals surface area contributed by atoms with Crippen molar-refractivity contribution in [2.24, 2.45) is 5.92 Å².